The molecule has 4 aromatic heterocycles. The van der Waals surface area contributed by atoms with Gasteiger partial charge in [0.25, 0.3) is 0 Å². The third-order valence-corrected chi connectivity index (χ3v) is 4.72. The van der Waals surface area contributed by atoms with Crippen molar-refractivity contribution >= 4 is 11.5 Å². The number of pyridine rings is 2. The molecule has 0 bridgehead atoms. The molecule has 0 amide bonds. The largest absolute Gasteiger partial charge is 0.363 e. The van der Waals surface area contributed by atoms with Gasteiger partial charge in [0, 0.05) is 24.8 Å². The first-order valence-electron chi connectivity index (χ1n) is 8.70. The molecule has 5 heterocycles. The van der Waals surface area contributed by atoms with Gasteiger partial charge in [-0.05, 0) is 24.3 Å². The second-order valence-electron chi connectivity index (χ2n) is 6.49. The topological polar surface area (TPSA) is 95.8 Å². The third kappa shape index (κ3) is 2.91. The van der Waals surface area contributed by atoms with E-state index in [1.165, 1.54) is 0 Å². The summed E-state index contributed by atoms with van der Waals surface area (Å²) in [6.45, 7) is 0.965. The predicted octanol–water partition coefficient (Wildman–Crippen LogP) is 1.90. The Morgan fingerprint density at radius 2 is 2.15 bits per heavy atom. The maximum absolute atomic E-state index is 13.8. The van der Waals surface area contributed by atoms with Gasteiger partial charge in [0.1, 0.15) is 17.6 Å². The molecule has 0 radical (unpaired) electrons. The molecular weight excluding hydrogens is 347 g/mol. The number of imidazole rings is 1. The van der Waals surface area contributed by atoms with Crippen molar-refractivity contribution in [2.24, 2.45) is 0 Å². The van der Waals surface area contributed by atoms with Gasteiger partial charge < -0.3 is 10.6 Å². The van der Waals surface area contributed by atoms with Crippen LogP contribution in [0.4, 0.5) is 10.2 Å². The summed E-state index contributed by atoms with van der Waals surface area (Å²) >= 11 is 0. The predicted molar refractivity (Wildman–Crippen MR) is 99.0 cm³/mol. The van der Waals surface area contributed by atoms with Crippen LogP contribution in [0.25, 0.3) is 28.3 Å². The van der Waals surface area contributed by atoms with Crippen LogP contribution < -0.4 is 10.6 Å². The smallest absolute Gasteiger partial charge is 0.137 e. The van der Waals surface area contributed by atoms with Crippen LogP contribution in [-0.2, 0) is 0 Å². The van der Waals surface area contributed by atoms with Crippen molar-refractivity contribution in [1.29, 1.82) is 0 Å². The van der Waals surface area contributed by atoms with Gasteiger partial charge in [-0.3, -0.25) is 9.50 Å². The summed E-state index contributed by atoms with van der Waals surface area (Å²) in [7, 11) is 0. The Balaban J connectivity index is 1.47. The van der Waals surface area contributed by atoms with E-state index < -0.39 is 6.17 Å². The van der Waals surface area contributed by atoms with E-state index in [1.54, 1.807) is 12.4 Å². The molecule has 0 spiro atoms. The van der Waals surface area contributed by atoms with Crippen molar-refractivity contribution in [3.05, 3.63) is 48.9 Å². The summed E-state index contributed by atoms with van der Waals surface area (Å²) in [6, 6.07) is 9.33. The van der Waals surface area contributed by atoms with E-state index in [9.17, 15) is 4.39 Å². The summed E-state index contributed by atoms with van der Waals surface area (Å²) < 4.78 is 15.8. The molecule has 2 unspecified atom stereocenters. The van der Waals surface area contributed by atoms with Gasteiger partial charge in [0.05, 0.1) is 35.5 Å². The van der Waals surface area contributed by atoms with Crippen LogP contribution in [0.5, 0.6) is 0 Å². The fourth-order valence-corrected chi connectivity index (χ4v) is 3.31. The molecule has 9 heteroatoms. The standard InChI is InChI=1S/C18H17FN8/c19-12-7-20-8-15(12)24-17-3-1-2-13(23-17)16-10-21-18-6-11(4-5-27(16)18)14-9-22-26-25-14/h1-6,9-10,12,15,20H,7-8H2,(H,23,24)(H,22,25,26). The van der Waals surface area contributed by atoms with E-state index in [2.05, 4.69) is 36.0 Å². The van der Waals surface area contributed by atoms with Gasteiger partial charge in [-0.2, -0.15) is 0 Å². The highest BCUT2D eigenvalue weighted by Crippen LogP contribution is 2.24. The fraction of sp³-hybridized carbons (Fsp3) is 0.222. The fourth-order valence-electron chi connectivity index (χ4n) is 3.31. The summed E-state index contributed by atoms with van der Waals surface area (Å²) in [4.78, 5) is 9.13. The minimum absolute atomic E-state index is 0.263. The molecule has 2 atom stereocenters. The Kier molecular flexibility index (Phi) is 3.79. The van der Waals surface area contributed by atoms with Crippen molar-refractivity contribution < 1.29 is 4.39 Å². The molecule has 0 aliphatic carbocycles. The van der Waals surface area contributed by atoms with E-state index in [-0.39, 0.29) is 6.04 Å². The van der Waals surface area contributed by atoms with Crippen LogP contribution in [0.15, 0.2) is 48.9 Å². The second kappa shape index (κ2) is 6.44. The van der Waals surface area contributed by atoms with Gasteiger partial charge in [0.15, 0.2) is 0 Å². The molecule has 27 heavy (non-hydrogen) atoms. The number of nitrogens with one attached hydrogen (secondary N) is 3. The van der Waals surface area contributed by atoms with E-state index in [0.717, 1.165) is 28.3 Å². The van der Waals surface area contributed by atoms with E-state index >= 15 is 0 Å². The number of aromatic amines is 1. The number of nitrogens with zero attached hydrogens (tertiary/aromatic N) is 5. The first kappa shape index (κ1) is 15.9. The summed E-state index contributed by atoms with van der Waals surface area (Å²) in [5.74, 6) is 0.652. The lowest BCUT2D eigenvalue weighted by Gasteiger charge is -2.15. The maximum atomic E-state index is 13.8. The Bertz CT molecular complexity index is 1070. The Morgan fingerprint density at radius 1 is 1.19 bits per heavy atom. The molecule has 136 valence electrons. The third-order valence-electron chi connectivity index (χ3n) is 4.72. The molecular formula is C18H17FN8. The lowest BCUT2D eigenvalue weighted by atomic mass is 10.2. The van der Waals surface area contributed by atoms with E-state index in [4.69, 9.17) is 0 Å². The summed E-state index contributed by atoms with van der Waals surface area (Å²) in [6.07, 6.45) is 4.48. The highest BCUT2D eigenvalue weighted by molar-refractivity contribution is 5.67. The molecule has 0 aromatic carbocycles. The Hall–Kier alpha value is -3.33. The number of fused-ring (bicyclic) bond motifs is 1. The molecule has 1 aliphatic heterocycles. The van der Waals surface area contributed by atoms with Gasteiger partial charge in [-0.15, -0.1) is 5.10 Å². The van der Waals surface area contributed by atoms with E-state index in [0.29, 0.717) is 18.9 Å². The number of halogens is 1. The van der Waals surface area contributed by atoms with Crippen molar-refractivity contribution in [2.75, 3.05) is 18.4 Å². The first-order chi connectivity index (χ1) is 13.3. The minimum atomic E-state index is -0.915. The van der Waals surface area contributed by atoms with Crippen molar-refractivity contribution in [3.63, 3.8) is 0 Å². The van der Waals surface area contributed by atoms with Crippen molar-refractivity contribution in [1.82, 2.24) is 35.1 Å². The lowest BCUT2D eigenvalue weighted by molar-refractivity contribution is 0.342. The van der Waals surface area contributed by atoms with Crippen LogP contribution in [0.2, 0.25) is 0 Å². The van der Waals surface area contributed by atoms with Crippen molar-refractivity contribution in [3.8, 4) is 22.6 Å². The maximum Gasteiger partial charge on any atom is 0.137 e. The number of alkyl halides is 1. The molecule has 4 aromatic rings. The molecule has 1 fully saturated rings. The van der Waals surface area contributed by atoms with Crippen LogP contribution >= 0.6 is 0 Å². The average Bonchev–Trinajstić information content (AvgIpc) is 3.43. The average molecular weight is 364 g/mol. The zero-order valence-electron chi connectivity index (χ0n) is 14.3. The van der Waals surface area contributed by atoms with E-state index in [1.807, 2.05) is 40.9 Å². The number of H-pyrrole nitrogens is 1. The molecule has 1 aliphatic rings. The Morgan fingerprint density at radius 3 is 2.96 bits per heavy atom. The van der Waals surface area contributed by atoms with Crippen LogP contribution in [0.3, 0.4) is 0 Å². The number of aromatic nitrogens is 6. The second-order valence-corrected chi connectivity index (χ2v) is 6.49. The number of anilines is 1. The number of hydrogen-bond donors (Lipinski definition) is 3. The molecule has 1 saturated heterocycles. The van der Waals surface area contributed by atoms with Gasteiger partial charge in [-0.1, -0.05) is 11.3 Å². The SMILES string of the molecule is FC1CNCC1Nc1cccc(-c2cnc3cc(-c4cnn[nH]4)ccn23)n1. The summed E-state index contributed by atoms with van der Waals surface area (Å²) in [5.41, 5.74) is 4.21. The van der Waals surface area contributed by atoms with Gasteiger partial charge >= 0.3 is 0 Å². The molecule has 0 saturated carbocycles. The zero-order chi connectivity index (χ0) is 18.2. The quantitative estimate of drug-likeness (QED) is 0.512. The molecule has 5 rings (SSSR count). The highest BCUT2D eigenvalue weighted by atomic mass is 19.1. The minimum Gasteiger partial charge on any atom is -0.363 e. The van der Waals surface area contributed by atoms with Gasteiger partial charge in [0.2, 0.25) is 0 Å². The highest BCUT2D eigenvalue weighted by Gasteiger charge is 2.26. The van der Waals surface area contributed by atoms with Crippen molar-refractivity contribution in [2.45, 2.75) is 12.2 Å². The number of rotatable bonds is 4. The summed E-state index contributed by atoms with van der Waals surface area (Å²) in [5, 5.41) is 16.6. The number of hydrogen-bond acceptors (Lipinski definition) is 6. The zero-order valence-corrected chi connectivity index (χ0v) is 14.3. The molecule has 8 nitrogen and oxygen atoms in total. The lowest BCUT2D eigenvalue weighted by Crippen LogP contribution is -2.29. The Labute approximate surface area is 153 Å². The monoisotopic (exact) mass is 364 g/mol. The van der Waals surface area contributed by atoms with Crippen LogP contribution in [0.1, 0.15) is 0 Å². The van der Waals surface area contributed by atoms with Crippen LogP contribution in [0, 0.1) is 0 Å². The first-order valence-corrected chi connectivity index (χ1v) is 8.70. The van der Waals surface area contributed by atoms with Crippen LogP contribution in [-0.4, -0.2) is 55.1 Å². The molecule has 3 N–H and O–H groups in total. The normalized spacial score (nSPS) is 19.6. The van der Waals surface area contributed by atoms with Gasteiger partial charge in [-0.25, -0.2) is 14.4 Å².